The van der Waals surface area contributed by atoms with Gasteiger partial charge in [0.15, 0.2) is 5.11 Å². The third kappa shape index (κ3) is 7.50. The van der Waals surface area contributed by atoms with Gasteiger partial charge in [0.05, 0.1) is 10.9 Å². The molecule has 3 aromatic carbocycles. The van der Waals surface area contributed by atoms with Gasteiger partial charge in [-0.1, -0.05) is 79.5 Å². The molecule has 6 nitrogen and oxygen atoms in total. The van der Waals surface area contributed by atoms with Gasteiger partial charge in [-0.05, 0) is 78.5 Å². The van der Waals surface area contributed by atoms with Crippen molar-refractivity contribution in [2.75, 3.05) is 13.1 Å². The highest BCUT2D eigenvalue weighted by Crippen LogP contribution is 2.38. The van der Waals surface area contributed by atoms with Crippen LogP contribution in [0.5, 0.6) is 0 Å². The van der Waals surface area contributed by atoms with Gasteiger partial charge in [-0.15, -0.1) is 0 Å². The molecule has 0 aliphatic carbocycles. The Bertz CT molecular complexity index is 1490. The fourth-order valence-electron chi connectivity index (χ4n) is 4.66. The summed E-state index contributed by atoms with van der Waals surface area (Å²) >= 11 is 11.6. The number of benzene rings is 3. The lowest BCUT2D eigenvalue weighted by Crippen LogP contribution is -2.39. The molecule has 1 unspecified atom stereocenters. The summed E-state index contributed by atoms with van der Waals surface area (Å²) in [5, 5.41) is 3.68. The second-order valence-corrected chi connectivity index (χ2v) is 12.4. The molecular formula is C31H34ClN3O3S2. The molecule has 1 aliphatic heterocycles. The van der Waals surface area contributed by atoms with E-state index in [1.54, 1.807) is 24.3 Å². The molecule has 1 amide bonds. The average Bonchev–Trinajstić information content (AvgIpc) is 3.24. The lowest BCUT2D eigenvalue weighted by molar-refractivity contribution is -0.126. The molecule has 0 saturated carbocycles. The maximum Gasteiger partial charge on any atom is 0.263 e. The first-order chi connectivity index (χ1) is 19.2. The summed E-state index contributed by atoms with van der Waals surface area (Å²) in [5.41, 5.74) is 4.65. The van der Waals surface area contributed by atoms with Crippen LogP contribution in [0.1, 0.15) is 54.5 Å². The largest absolute Gasteiger partial charge is 0.362 e. The highest BCUT2D eigenvalue weighted by Gasteiger charge is 2.36. The highest BCUT2D eigenvalue weighted by atomic mass is 35.5. The summed E-state index contributed by atoms with van der Waals surface area (Å²) in [4.78, 5) is 15.6. The van der Waals surface area contributed by atoms with Crippen molar-refractivity contribution in [1.29, 1.82) is 0 Å². The van der Waals surface area contributed by atoms with Crippen molar-refractivity contribution in [3.8, 4) is 0 Å². The second-order valence-electron chi connectivity index (χ2n) is 9.92. The molecule has 0 spiro atoms. The molecule has 1 saturated heterocycles. The van der Waals surface area contributed by atoms with Gasteiger partial charge in [0, 0.05) is 30.1 Å². The SMILES string of the molecule is CCCCNC(=S)NS(=O)(=O)c1ccc(CCN2C(=O)/C(=C/c3ccccc3)CC2c2ccc(C)c(Cl)c2)cc1. The number of halogens is 1. The quantitative estimate of drug-likeness (QED) is 0.166. The Kier molecular flexibility index (Phi) is 10.0. The molecule has 0 radical (unpaired) electrons. The molecule has 210 valence electrons. The van der Waals surface area contributed by atoms with Crippen LogP contribution in [0.4, 0.5) is 0 Å². The number of unbranched alkanes of at least 4 members (excludes halogenated alkanes) is 1. The van der Waals surface area contributed by atoms with Crippen molar-refractivity contribution in [2.45, 2.75) is 50.5 Å². The molecule has 1 aliphatic rings. The van der Waals surface area contributed by atoms with Crippen LogP contribution in [0.25, 0.3) is 6.08 Å². The lowest BCUT2D eigenvalue weighted by Gasteiger charge is -2.25. The third-order valence-corrected chi connectivity index (χ3v) is 9.11. The Morgan fingerprint density at radius 1 is 1.10 bits per heavy atom. The van der Waals surface area contributed by atoms with Crippen molar-refractivity contribution in [2.24, 2.45) is 0 Å². The topological polar surface area (TPSA) is 78.5 Å². The zero-order chi connectivity index (χ0) is 28.7. The van der Waals surface area contributed by atoms with Crippen molar-refractivity contribution in [3.05, 3.63) is 106 Å². The van der Waals surface area contributed by atoms with Crippen LogP contribution in [0.15, 0.2) is 83.3 Å². The molecule has 3 aromatic rings. The fraction of sp³-hybridized carbons (Fsp3) is 0.290. The first-order valence-corrected chi connectivity index (χ1v) is 15.7. The van der Waals surface area contributed by atoms with Gasteiger partial charge < -0.3 is 10.2 Å². The minimum atomic E-state index is -3.78. The number of carbonyl (C=O) groups is 1. The Morgan fingerprint density at radius 3 is 2.50 bits per heavy atom. The van der Waals surface area contributed by atoms with E-state index >= 15 is 0 Å². The van der Waals surface area contributed by atoms with E-state index < -0.39 is 10.0 Å². The first-order valence-electron chi connectivity index (χ1n) is 13.4. The number of amides is 1. The van der Waals surface area contributed by atoms with Crippen LogP contribution in [0.2, 0.25) is 5.02 Å². The summed E-state index contributed by atoms with van der Waals surface area (Å²) in [6.07, 6.45) is 5.00. The Labute approximate surface area is 247 Å². The maximum atomic E-state index is 13.6. The summed E-state index contributed by atoms with van der Waals surface area (Å²) in [6, 6.07) is 22.4. The average molecular weight is 596 g/mol. The Hall–Kier alpha value is -3.20. The summed E-state index contributed by atoms with van der Waals surface area (Å²) < 4.78 is 27.9. The molecule has 1 fully saturated rings. The van der Waals surface area contributed by atoms with Crippen LogP contribution in [-0.2, 0) is 21.2 Å². The van der Waals surface area contributed by atoms with Crippen LogP contribution >= 0.6 is 23.8 Å². The number of nitrogens with one attached hydrogen (secondary N) is 2. The van der Waals surface area contributed by atoms with Crippen LogP contribution in [-0.4, -0.2) is 37.4 Å². The van der Waals surface area contributed by atoms with Gasteiger partial charge in [0.1, 0.15) is 0 Å². The summed E-state index contributed by atoms with van der Waals surface area (Å²) in [5.74, 6) is -0.00182. The number of aryl methyl sites for hydroxylation is 1. The fourth-order valence-corrected chi connectivity index (χ4v) is 6.20. The molecule has 2 N–H and O–H groups in total. The molecule has 4 rings (SSSR count). The lowest BCUT2D eigenvalue weighted by atomic mass is 10.00. The van der Waals surface area contributed by atoms with E-state index in [2.05, 4.69) is 17.0 Å². The summed E-state index contributed by atoms with van der Waals surface area (Å²) in [7, 11) is -3.78. The monoisotopic (exact) mass is 595 g/mol. The predicted molar refractivity (Wildman–Crippen MR) is 166 cm³/mol. The van der Waals surface area contributed by atoms with Crippen molar-refractivity contribution in [3.63, 3.8) is 0 Å². The van der Waals surface area contributed by atoms with E-state index in [1.165, 1.54) is 0 Å². The number of hydrogen-bond donors (Lipinski definition) is 2. The van der Waals surface area contributed by atoms with Crippen LogP contribution in [0.3, 0.4) is 0 Å². The minimum Gasteiger partial charge on any atom is -0.362 e. The van der Waals surface area contributed by atoms with E-state index in [-0.39, 0.29) is 22.0 Å². The van der Waals surface area contributed by atoms with E-state index in [0.29, 0.717) is 31.0 Å². The number of hydrogen-bond acceptors (Lipinski definition) is 4. The predicted octanol–water partition coefficient (Wildman–Crippen LogP) is 6.20. The molecule has 1 heterocycles. The normalized spacial score (nSPS) is 16.4. The Morgan fingerprint density at radius 2 is 1.82 bits per heavy atom. The van der Waals surface area contributed by atoms with Crippen molar-refractivity contribution >= 4 is 50.9 Å². The van der Waals surface area contributed by atoms with E-state index in [1.807, 2.05) is 66.4 Å². The van der Waals surface area contributed by atoms with E-state index in [4.69, 9.17) is 23.8 Å². The number of rotatable bonds is 10. The molecule has 0 aromatic heterocycles. The van der Waals surface area contributed by atoms with Gasteiger partial charge in [-0.3, -0.25) is 9.52 Å². The second kappa shape index (κ2) is 13.4. The van der Waals surface area contributed by atoms with Gasteiger partial charge in [0.25, 0.3) is 10.0 Å². The van der Waals surface area contributed by atoms with Crippen LogP contribution in [0, 0.1) is 6.92 Å². The highest BCUT2D eigenvalue weighted by molar-refractivity contribution is 7.91. The third-order valence-electron chi connectivity index (χ3n) is 6.96. The van der Waals surface area contributed by atoms with Gasteiger partial charge in [0.2, 0.25) is 5.91 Å². The van der Waals surface area contributed by atoms with Crippen molar-refractivity contribution in [1.82, 2.24) is 14.9 Å². The Balaban J connectivity index is 1.49. The number of carbonyl (C=O) groups excluding carboxylic acids is 1. The van der Waals surface area contributed by atoms with Gasteiger partial charge >= 0.3 is 0 Å². The molecule has 1 atom stereocenters. The van der Waals surface area contributed by atoms with E-state index in [9.17, 15) is 13.2 Å². The number of thiocarbonyl (C=S) groups is 1. The van der Waals surface area contributed by atoms with Crippen molar-refractivity contribution < 1.29 is 13.2 Å². The smallest absolute Gasteiger partial charge is 0.263 e. The van der Waals surface area contributed by atoms with Crippen LogP contribution < -0.4 is 10.0 Å². The standard InChI is InChI=1S/C31H34ClN3O3S2/c1-3-4-17-33-31(39)34-40(37,38)27-14-11-23(12-15-27)16-18-35-29(25-13-10-22(2)28(32)20-25)21-26(30(35)36)19-24-8-6-5-7-9-24/h5-15,19-20,29H,3-4,16-18,21H2,1-2H3,(H2,33,34,39)/b26-19+. The number of sulfonamides is 1. The minimum absolute atomic E-state index is 0.00182. The molecule has 9 heteroatoms. The zero-order valence-electron chi connectivity index (χ0n) is 22.7. The molecular weight excluding hydrogens is 562 g/mol. The van der Waals surface area contributed by atoms with E-state index in [0.717, 1.165) is 40.7 Å². The number of nitrogens with zero attached hydrogens (tertiary/aromatic N) is 1. The summed E-state index contributed by atoms with van der Waals surface area (Å²) in [6.45, 7) is 5.11. The molecule has 40 heavy (non-hydrogen) atoms. The maximum absolute atomic E-state index is 13.6. The zero-order valence-corrected chi connectivity index (χ0v) is 25.1. The van der Waals surface area contributed by atoms with Gasteiger partial charge in [-0.25, -0.2) is 8.42 Å². The first kappa shape index (κ1) is 29.8. The number of likely N-dealkylation sites (tertiary alicyclic amines) is 1. The molecule has 0 bridgehead atoms. The van der Waals surface area contributed by atoms with Gasteiger partial charge in [-0.2, -0.15) is 0 Å².